The Bertz CT molecular complexity index is 803. The Morgan fingerprint density at radius 2 is 2.00 bits per heavy atom. The number of thiophene rings is 1. The summed E-state index contributed by atoms with van der Waals surface area (Å²) in [5.41, 5.74) is 1.26. The van der Waals surface area contributed by atoms with Crippen LogP contribution in [0.1, 0.15) is 29.0 Å². The van der Waals surface area contributed by atoms with Crippen molar-refractivity contribution in [1.29, 1.82) is 0 Å². The number of hydrogen-bond acceptors (Lipinski definition) is 2. The van der Waals surface area contributed by atoms with Gasteiger partial charge in [-0.2, -0.15) is 0 Å². The highest BCUT2D eigenvalue weighted by atomic mass is 32.1. The Hall–Kier alpha value is -2.07. The second-order valence-electron chi connectivity index (χ2n) is 6.14. The summed E-state index contributed by atoms with van der Waals surface area (Å²) in [6.45, 7) is 3.79. The van der Waals surface area contributed by atoms with Crippen molar-refractivity contribution in [2.24, 2.45) is 0 Å². The van der Waals surface area contributed by atoms with E-state index in [9.17, 15) is 4.79 Å². The Labute approximate surface area is 147 Å². The fraction of sp³-hybridized carbons (Fsp3) is 0.350. The molecule has 0 aliphatic rings. The maximum atomic E-state index is 11.9. The Morgan fingerprint density at radius 3 is 2.83 bits per heavy atom. The van der Waals surface area contributed by atoms with Gasteiger partial charge in [-0.3, -0.25) is 4.79 Å². The Balaban J connectivity index is 1.33. The first-order valence-electron chi connectivity index (χ1n) is 8.58. The number of amides is 1. The van der Waals surface area contributed by atoms with Gasteiger partial charge in [-0.25, -0.2) is 0 Å². The summed E-state index contributed by atoms with van der Waals surface area (Å²) in [4.78, 5) is 14.6. The van der Waals surface area contributed by atoms with Crippen LogP contribution in [-0.4, -0.2) is 17.0 Å². The van der Waals surface area contributed by atoms with Crippen LogP contribution in [0.2, 0.25) is 0 Å². The van der Waals surface area contributed by atoms with Crippen LogP contribution >= 0.6 is 11.3 Å². The predicted octanol–water partition coefficient (Wildman–Crippen LogP) is 4.54. The van der Waals surface area contributed by atoms with Crippen molar-refractivity contribution in [3.8, 4) is 0 Å². The molecule has 126 valence electrons. The standard InChI is InChI=1S/C20H24N2OS/c1-16-10-11-18(24-16)7-4-9-20(23)21-13-5-14-22-15-12-17-6-2-3-8-19(17)22/h2-3,6,8,10-12,15H,4-5,7,9,13-14H2,1H3,(H,21,23). The average Bonchev–Trinajstić information content (AvgIpc) is 3.18. The number of carbonyl (C=O) groups excluding carboxylic acids is 1. The minimum Gasteiger partial charge on any atom is -0.356 e. The minimum absolute atomic E-state index is 0.167. The molecule has 2 heterocycles. The maximum absolute atomic E-state index is 11.9. The van der Waals surface area contributed by atoms with Crippen LogP contribution in [0.4, 0.5) is 0 Å². The van der Waals surface area contributed by atoms with Crippen LogP contribution in [0.25, 0.3) is 10.9 Å². The van der Waals surface area contributed by atoms with Gasteiger partial charge < -0.3 is 9.88 Å². The summed E-state index contributed by atoms with van der Waals surface area (Å²) in [6.07, 6.45) is 5.61. The first-order chi connectivity index (χ1) is 11.7. The normalized spacial score (nSPS) is 11.0. The number of aromatic nitrogens is 1. The van der Waals surface area contributed by atoms with Gasteiger partial charge in [0.2, 0.25) is 5.91 Å². The lowest BCUT2D eigenvalue weighted by molar-refractivity contribution is -0.121. The number of carbonyl (C=O) groups is 1. The van der Waals surface area contributed by atoms with Gasteiger partial charge >= 0.3 is 0 Å². The minimum atomic E-state index is 0.167. The van der Waals surface area contributed by atoms with Crippen LogP contribution in [-0.2, 0) is 17.8 Å². The van der Waals surface area contributed by atoms with Crippen molar-refractivity contribution in [2.75, 3.05) is 6.54 Å². The van der Waals surface area contributed by atoms with Crippen molar-refractivity contribution in [3.63, 3.8) is 0 Å². The van der Waals surface area contributed by atoms with Gasteiger partial charge in [0.25, 0.3) is 0 Å². The lowest BCUT2D eigenvalue weighted by Gasteiger charge is -2.07. The summed E-state index contributed by atoms with van der Waals surface area (Å²) < 4.78 is 2.25. The van der Waals surface area contributed by atoms with Crippen molar-refractivity contribution in [2.45, 2.75) is 39.2 Å². The number of para-hydroxylation sites is 1. The molecule has 0 radical (unpaired) electrons. The number of aryl methyl sites for hydroxylation is 3. The molecule has 0 saturated carbocycles. The van der Waals surface area contributed by atoms with E-state index in [1.807, 2.05) is 11.3 Å². The highest BCUT2D eigenvalue weighted by Crippen LogP contribution is 2.17. The second kappa shape index (κ2) is 8.15. The summed E-state index contributed by atoms with van der Waals surface area (Å²) in [5, 5.41) is 4.30. The molecule has 0 spiro atoms. The summed E-state index contributed by atoms with van der Waals surface area (Å²) in [5.74, 6) is 0.167. The third-order valence-electron chi connectivity index (χ3n) is 4.20. The smallest absolute Gasteiger partial charge is 0.220 e. The van der Waals surface area contributed by atoms with E-state index in [-0.39, 0.29) is 5.91 Å². The van der Waals surface area contributed by atoms with E-state index in [4.69, 9.17) is 0 Å². The molecule has 1 N–H and O–H groups in total. The monoisotopic (exact) mass is 340 g/mol. The zero-order valence-electron chi connectivity index (χ0n) is 14.1. The SMILES string of the molecule is Cc1ccc(CCCC(=O)NCCCn2ccc3ccccc32)s1. The van der Waals surface area contributed by atoms with Crippen molar-refractivity contribution < 1.29 is 4.79 Å². The second-order valence-corrected chi connectivity index (χ2v) is 7.51. The zero-order chi connectivity index (χ0) is 16.8. The van der Waals surface area contributed by atoms with Gasteiger partial charge in [0.1, 0.15) is 0 Å². The van der Waals surface area contributed by atoms with Gasteiger partial charge in [-0.15, -0.1) is 11.3 Å². The first-order valence-corrected chi connectivity index (χ1v) is 9.40. The number of rotatable bonds is 8. The molecule has 24 heavy (non-hydrogen) atoms. The van der Waals surface area contributed by atoms with E-state index in [0.717, 1.165) is 32.4 Å². The third-order valence-corrected chi connectivity index (χ3v) is 5.26. The van der Waals surface area contributed by atoms with Crippen LogP contribution < -0.4 is 5.32 Å². The molecule has 0 fully saturated rings. The molecule has 4 heteroatoms. The summed E-state index contributed by atoms with van der Waals surface area (Å²) >= 11 is 1.83. The van der Waals surface area contributed by atoms with E-state index in [1.54, 1.807) is 0 Å². The van der Waals surface area contributed by atoms with E-state index in [0.29, 0.717) is 6.42 Å². The molecule has 0 aliphatic heterocycles. The van der Waals surface area contributed by atoms with Crippen molar-refractivity contribution in [3.05, 3.63) is 58.4 Å². The molecule has 3 aromatic rings. The number of hydrogen-bond donors (Lipinski definition) is 1. The summed E-state index contributed by atoms with van der Waals surface area (Å²) in [6, 6.07) is 14.8. The maximum Gasteiger partial charge on any atom is 0.220 e. The molecule has 0 unspecified atom stereocenters. The molecule has 0 aliphatic carbocycles. The van der Waals surface area contributed by atoms with Gasteiger partial charge in [0.05, 0.1) is 0 Å². The van der Waals surface area contributed by atoms with Crippen LogP contribution in [0.15, 0.2) is 48.7 Å². The largest absolute Gasteiger partial charge is 0.356 e. The third kappa shape index (κ3) is 4.48. The quantitative estimate of drug-likeness (QED) is 0.600. The number of nitrogens with zero attached hydrogens (tertiary/aromatic N) is 1. The molecule has 2 aromatic heterocycles. The topological polar surface area (TPSA) is 34.0 Å². The lowest BCUT2D eigenvalue weighted by atomic mass is 10.2. The van der Waals surface area contributed by atoms with Crippen LogP contribution in [0.5, 0.6) is 0 Å². The molecule has 0 bridgehead atoms. The fourth-order valence-corrected chi connectivity index (χ4v) is 3.88. The lowest BCUT2D eigenvalue weighted by Crippen LogP contribution is -2.24. The average molecular weight is 340 g/mol. The number of fused-ring (bicyclic) bond motifs is 1. The molecule has 0 saturated heterocycles. The fourth-order valence-electron chi connectivity index (χ4n) is 2.94. The Kier molecular flexibility index (Phi) is 5.70. The molecule has 0 atom stereocenters. The van der Waals surface area contributed by atoms with Gasteiger partial charge in [-0.1, -0.05) is 18.2 Å². The van der Waals surface area contributed by atoms with Crippen molar-refractivity contribution in [1.82, 2.24) is 9.88 Å². The first kappa shape index (κ1) is 16.8. The zero-order valence-corrected chi connectivity index (χ0v) is 14.9. The molecular weight excluding hydrogens is 316 g/mol. The highest BCUT2D eigenvalue weighted by Gasteiger charge is 2.03. The van der Waals surface area contributed by atoms with Gasteiger partial charge in [0.15, 0.2) is 0 Å². The van der Waals surface area contributed by atoms with E-state index in [1.165, 1.54) is 20.7 Å². The highest BCUT2D eigenvalue weighted by molar-refractivity contribution is 7.11. The van der Waals surface area contributed by atoms with Gasteiger partial charge in [-0.05, 0) is 55.8 Å². The van der Waals surface area contributed by atoms with Crippen LogP contribution in [0, 0.1) is 6.92 Å². The number of benzene rings is 1. The van der Waals surface area contributed by atoms with Crippen molar-refractivity contribution >= 4 is 28.1 Å². The van der Waals surface area contributed by atoms with E-state index >= 15 is 0 Å². The van der Waals surface area contributed by atoms with Crippen LogP contribution in [0.3, 0.4) is 0 Å². The molecular formula is C20H24N2OS. The van der Waals surface area contributed by atoms with E-state index in [2.05, 4.69) is 65.5 Å². The number of nitrogens with one attached hydrogen (secondary N) is 1. The van der Waals surface area contributed by atoms with E-state index < -0.39 is 0 Å². The Morgan fingerprint density at radius 1 is 1.12 bits per heavy atom. The molecule has 3 rings (SSSR count). The predicted molar refractivity (Wildman–Crippen MR) is 102 cm³/mol. The molecule has 1 amide bonds. The summed E-state index contributed by atoms with van der Waals surface area (Å²) in [7, 11) is 0. The van der Waals surface area contributed by atoms with Gasteiger partial charge in [0, 0.05) is 41.0 Å². The molecule has 1 aromatic carbocycles. The molecule has 3 nitrogen and oxygen atoms in total.